The predicted molar refractivity (Wildman–Crippen MR) is 83.0 cm³/mol. The molecule has 1 rings (SSSR count). The van der Waals surface area contributed by atoms with Gasteiger partial charge in [-0.2, -0.15) is 0 Å². The third-order valence-electron chi connectivity index (χ3n) is 2.39. The number of hydrogen-bond acceptors (Lipinski definition) is 4. The largest absolute Gasteiger partial charge is 0.454 e. The summed E-state index contributed by atoms with van der Waals surface area (Å²) in [5.74, 6) is -1.62. The summed E-state index contributed by atoms with van der Waals surface area (Å²) in [6, 6.07) is 4.31. The number of amides is 2. The van der Waals surface area contributed by atoms with Crippen LogP contribution in [0.3, 0.4) is 0 Å². The van der Waals surface area contributed by atoms with Crippen LogP contribution in [0.15, 0.2) is 18.2 Å². The second-order valence-electron chi connectivity index (χ2n) is 4.69. The minimum Gasteiger partial charge on any atom is -0.454 e. The molecule has 8 heteroatoms. The molecular weight excluding hydrogens is 331 g/mol. The van der Waals surface area contributed by atoms with E-state index in [0.717, 1.165) is 0 Å². The molecule has 0 fully saturated rings. The van der Waals surface area contributed by atoms with Gasteiger partial charge in [0.15, 0.2) is 6.61 Å². The first-order chi connectivity index (χ1) is 10.3. The minimum absolute atomic E-state index is 0.0411. The number of hydrogen-bond donors (Lipinski definition) is 2. The van der Waals surface area contributed by atoms with Crippen molar-refractivity contribution in [3.63, 3.8) is 0 Å². The first kappa shape index (κ1) is 18.3. The molecule has 0 aliphatic rings. The Balaban J connectivity index is 2.38. The van der Waals surface area contributed by atoms with Gasteiger partial charge < -0.3 is 15.4 Å². The summed E-state index contributed by atoms with van der Waals surface area (Å²) in [5.41, 5.74) is 0.264. The lowest BCUT2D eigenvalue weighted by molar-refractivity contribution is -0.147. The molecule has 0 heterocycles. The van der Waals surface area contributed by atoms with Gasteiger partial charge in [-0.15, -0.1) is 0 Å². The zero-order chi connectivity index (χ0) is 16.7. The van der Waals surface area contributed by atoms with Crippen molar-refractivity contribution >= 4 is 41.0 Å². The molecule has 1 aromatic rings. The van der Waals surface area contributed by atoms with Crippen LogP contribution in [0.2, 0.25) is 10.0 Å². The molecule has 2 amide bonds. The van der Waals surface area contributed by atoms with Crippen LogP contribution in [-0.4, -0.2) is 37.0 Å². The second-order valence-corrected chi connectivity index (χ2v) is 5.51. The Morgan fingerprint density at radius 2 is 1.86 bits per heavy atom. The molecular formula is C14H16Cl2N2O4. The Labute approximate surface area is 138 Å². The fraction of sp³-hybridized carbons (Fsp3) is 0.357. The van der Waals surface area contributed by atoms with Gasteiger partial charge in [-0.3, -0.25) is 14.4 Å². The SMILES string of the molecule is CC(C)NC(=O)COC(=O)CNC(=O)c1ccc(Cl)c(Cl)c1. The maximum atomic E-state index is 11.8. The zero-order valence-corrected chi connectivity index (χ0v) is 13.6. The van der Waals surface area contributed by atoms with Crippen molar-refractivity contribution in [1.82, 2.24) is 10.6 Å². The average molecular weight is 347 g/mol. The number of ether oxygens (including phenoxy) is 1. The highest BCUT2D eigenvalue weighted by Crippen LogP contribution is 2.22. The molecule has 0 saturated heterocycles. The number of esters is 1. The standard InChI is InChI=1S/C14H16Cl2N2O4/c1-8(2)18-12(19)7-22-13(20)6-17-14(21)9-3-4-10(15)11(16)5-9/h3-5,8H,6-7H2,1-2H3,(H,17,21)(H,18,19). The molecule has 0 radical (unpaired) electrons. The molecule has 120 valence electrons. The van der Waals surface area contributed by atoms with Gasteiger partial charge in [0, 0.05) is 11.6 Å². The van der Waals surface area contributed by atoms with E-state index < -0.39 is 17.8 Å². The molecule has 0 atom stereocenters. The zero-order valence-electron chi connectivity index (χ0n) is 12.1. The van der Waals surface area contributed by atoms with E-state index in [1.54, 1.807) is 13.8 Å². The Morgan fingerprint density at radius 1 is 1.18 bits per heavy atom. The van der Waals surface area contributed by atoms with E-state index in [1.165, 1.54) is 18.2 Å². The van der Waals surface area contributed by atoms with E-state index in [9.17, 15) is 14.4 Å². The number of benzene rings is 1. The van der Waals surface area contributed by atoms with E-state index in [-0.39, 0.29) is 29.8 Å². The molecule has 0 aromatic heterocycles. The fourth-order valence-corrected chi connectivity index (χ4v) is 1.75. The molecule has 0 aliphatic carbocycles. The average Bonchev–Trinajstić information content (AvgIpc) is 2.44. The lowest BCUT2D eigenvalue weighted by Gasteiger charge is -2.09. The van der Waals surface area contributed by atoms with Crippen LogP contribution in [0.4, 0.5) is 0 Å². The summed E-state index contributed by atoms with van der Waals surface area (Å²) in [7, 11) is 0. The van der Waals surface area contributed by atoms with Crippen molar-refractivity contribution in [1.29, 1.82) is 0 Å². The summed E-state index contributed by atoms with van der Waals surface area (Å²) in [6.45, 7) is 2.84. The molecule has 6 nitrogen and oxygen atoms in total. The molecule has 0 saturated carbocycles. The van der Waals surface area contributed by atoms with Crippen LogP contribution >= 0.6 is 23.2 Å². The van der Waals surface area contributed by atoms with Gasteiger partial charge in [-0.05, 0) is 32.0 Å². The molecule has 0 unspecified atom stereocenters. The Morgan fingerprint density at radius 3 is 2.45 bits per heavy atom. The maximum Gasteiger partial charge on any atom is 0.325 e. The maximum absolute atomic E-state index is 11.8. The summed E-state index contributed by atoms with van der Waals surface area (Å²) >= 11 is 11.5. The van der Waals surface area contributed by atoms with Gasteiger partial charge in [0.2, 0.25) is 0 Å². The van der Waals surface area contributed by atoms with E-state index in [2.05, 4.69) is 10.6 Å². The van der Waals surface area contributed by atoms with Crippen LogP contribution in [0.1, 0.15) is 24.2 Å². The van der Waals surface area contributed by atoms with Crippen molar-refractivity contribution in [2.24, 2.45) is 0 Å². The van der Waals surface area contributed by atoms with Crippen LogP contribution in [0, 0.1) is 0 Å². The van der Waals surface area contributed by atoms with Gasteiger partial charge in [0.05, 0.1) is 10.0 Å². The molecule has 0 aliphatic heterocycles. The smallest absolute Gasteiger partial charge is 0.325 e. The lowest BCUT2D eigenvalue weighted by atomic mass is 10.2. The highest BCUT2D eigenvalue weighted by molar-refractivity contribution is 6.42. The lowest BCUT2D eigenvalue weighted by Crippen LogP contribution is -2.36. The normalized spacial score (nSPS) is 10.2. The van der Waals surface area contributed by atoms with Gasteiger partial charge in [0.25, 0.3) is 11.8 Å². The molecule has 0 bridgehead atoms. The van der Waals surface area contributed by atoms with Crippen molar-refractivity contribution < 1.29 is 19.1 Å². The monoisotopic (exact) mass is 346 g/mol. The Bertz CT molecular complexity index is 576. The van der Waals surface area contributed by atoms with Gasteiger partial charge in [-0.1, -0.05) is 23.2 Å². The minimum atomic E-state index is -0.715. The van der Waals surface area contributed by atoms with Gasteiger partial charge in [0.1, 0.15) is 6.54 Å². The van der Waals surface area contributed by atoms with Gasteiger partial charge >= 0.3 is 5.97 Å². The van der Waals surface area contributed by atoms with Crippen LogP contribution in [0.5, 0.6) is 0 Å². The number of nitrogens with one attached hydrogen (secondary N) is 2. The van der Waals surface area contributed by atoms with E-state index in [4.69, 9.17) is 27.9 Å². The van der Waals surface area contributed by atoms with Crippen molar-refractivity contribution in [3.8, 4) is 0 Å². The van der Waals surface area contributed by atoms with Crippen molar-refractivity contribution in [2.75, 3.05) is 13.2 Å². The van der Waals surface area contributed by atoms with Crippen LogP contribution < -0.4 is 10.6 Å². The first-order valence-electron chi connectivity index (χ1n) is 6.48. The number of halogens is 2. The fourth-order valence-electron chi connectivity index (χ4n) is 1.45. The van der Waals surface area contributed by atoms with Crippen molar-refractivity contribution in [3.05, 3.63) is 33.8 Å². The van der Waals surface area contributed by atoms with E-state index in [0.29, 0.717) is 5.02 Å². The van der Waals surface area contributed by atoms with E-state index in [1.807, 2.05) is 0 Å². The number of carbonyl (C=O) groups excluding carboxylic acids is 3. The Kier molecular flexibility index (Phi) is 7.14. The highest BCUT2D eigenvalue weighted by Gasteiger charge is 2.12. The molecule has 22 heavy (non-hydrogen) atoms. The second kappa shape index (κ2) is 8.60. The number of carbonyl (C=O) groups is 3. The van der Waals surface area contributed by atoms with Crippen LogP contribution in [-0.2, 0) is 14.3 Å². The summed E-state index contributed by atoms with van der Waals surface area (Å²) in [5, 5.41) is 5.50. The molecule has 1 aromatic carbocycles. The first-order valence-corrected chi connectivity index (χ1v) is 7.23. The predicted octanol–water partition coefficient (Wildman–Crippen LogP) is 1.79. The summed E-state index contributed by atoms with van der Waals surface area (Å²) in [4.78, 5) is 34.5. The Hall–Kier alpha value is -1.79. The van der Waals surface area contributed by atoms with Crippen LogP contribution in [0.25, 0.3) is 0 Å². The van der Waals surface area contributed by atoms with E-state index >= 15 is 0 Å². The topological polar surface area (TPSA) is 84.5 Å². The summed E-state index contributed by atoms with van der Waals surface area (Å²) < 4.78 is 4.72. The highest BCUT2D eigenvalue weighted by atomic mass is 35.5. The number of rotatable bonds is 6. The molecule has 0 spiro atoms. The van der Waals surface area contributed by atoms with Crippen molar-refractivity contribution in [2.45, 2.75) is 19.9 Å². The third-order valence-corrected chi connectivity index (χ3v) is 3.13. The quantitative estimate of drug-likeness (QED) is 0.769. The van der Waals surface area contributed by atoms with Gasteiger partial charge in [-0.25, -0.2) is 0 Å². The summed E-state index contributed by atoms with van der Waals surface area (Å²) in [6.07, 6.45) is 0. The molecule has 2 N–H and O–H groups in total. The third kappa shape index (κ3) is 6.32.